The lowest BCUT2D eigenvalue weighted by atomic mass is 9.87. The number of benzene rings is 1. The molecule has 0 amide bonds. The van der Waals surface area contributed by atoms with Crippen LogP contribution in [-0.4, -0.2) is 15.6 Å². The number of rotatable bonds is 6. The van der Waals surface area contributed by atoms with Crippen LogP contribution in [0.25, 0.3) is 0 Å². The second-order valence-corrected chi connectivity index (χ2v) is 5.71. The van der Waals surface area contributed by atoms with E-state index in [1.54, 1.807) is 6.92 Å². The van der Waals surface area contributed by atoms with E-state index in [0.717, 1.165) is 17.7 Å². The molecule has 4 nitrogen and oxygen atoms in total. The van der Waals surface area contributed by atoms with Crippen LogP contribution in [0.5, 0.6) is 0 Å². The highest BCUT2D eigenvalue weighted by Crippen LogP contribution is 2.20. The van der Waals surface area contributed by atoms with E-state index in [0.29, 0.717) is 6.04 Å². The van der Waals surface area contributed by atoms with Crippen molar-refractivity contribution in [2.45, 2.75) is 45.2 Å². The maximum atomic E-state index is 12.5. The Morgan fingerprint density at radius 2 is 2.00 bits per heavy atom. The van der Waals surface area contributed by atoms with Crippen molar-refractivity contribution in [3.8, 4) is 0 Å². The minimum Gasteiger partial charge on any atom is -0.315 e. The van der Waals surface area contributed by atoms with Gasteiger partial charge >= 0.3 is 0 Å². The molecule has 2 atom stereocenters. The number of aromatic nitrogens is 2. The van der Waals surface area contributed by atoms with Crippen molar-refractivity contribution in [2.24, 2.45) is 5.73 Å². The van der Waals surface area contributed by atoms with Crippen molar-refractivity contribution in [3.63, 3.8) is 0 Å². The van der Waals surface area contributed by atoms with Gasteiger partial charge in [-0.15, -0.1) is 0 Å². The normalized spacial score (nSPS) is 15.4. The second kappa shape index (κ2) is 6.22. The van der Waals surface area contributed by atoms with Gasteiger partial charge in [0.05, 0.1) is 17.7 Å². The molecular formula is C17H23N3O. The minimum absolute atomic E-state index is 0.0249. The lowest BCUT2D eigenvalue weighted by molar-refractivity contribution is -0.123. The highest BCUT2D eigenvalue weighted by Gasteiger charge is 2.30. The van der Waals surface area contributed by atoms with Gasteiger partial charge in [0.2, 0.25) is 0 Å². The summed E-state index contributed by atoms with van der Waals surface area (Å²) in [5.74, 6) is -0.0249. The molecule has 0 spiro atoms. The van der Waals surface area contributed by atoms with Crippen LogP contribution in [0.1, 0.15) is 44.5 Å². The van der Waals surface area contributed by atoms with E-state index in [4.69, 9.17) is 5.73 Å². The fraction of sp³-hybridized carbons (Fsp3) is 0.412. The molecule has 1 aromatic heterocycles. The zero-order chi connectivity index (χ0) is 15.5. The van der Waals surface area contributed by atoms with Gasteiger partial charge in [-0.2, -0.15) is 5.10 Å². The Bertz CT molecular complexity index is 602. The number of nitrogens with two attached hydrogens (primary N) is 1. The van der Waals surface area contributed by atoms with Gasteiger partial charge in [0.15, 0.2) is 5.78 Å². The van der Waals surface area contributed by atoms with Gasteiger partial charge in [-0.1, -0.05) is 37.3 Å². The summed E-state index contributed by atoms with van der Waals surface area (Å²) >= 11 is 0. The third-order valence-electron chi connectivity index (χ3n) is 4.00. The Kier molecular flexibility index (Phi) is 4.58. The summed E-state index contributed by atoms with van der Waals surface area (Å²) in [6, 6.07) is 11.7. The van der Waals surface area contributed by atoms with E-state index in [-0.39, 0.29) is 12.2 Å². The summed E-state index contributed by atoms with van der Waals surface area (Å²) < 4.78 is 1.90. The van der Waals surface area contributed by atoms with Gasteiger partial charge in [-0.25, -0.2) is 0 Å². The standard InChI is InChI=1S/C17H23N3O/c1-4-13(2)20-11-10-15(19-20)12-16(21)17(3,18)14-8-6-5-7-9-14/h5-11,13H,4,12,18H2,1-3H3. The second-order valence-electron chi connectivity index (χ2n) is 5.71. The van der Waals surface area contributed by atoms with Crippen molar-refractivity contribution in [3.05, 3.63) is 53.9 Å². The highest BCUT2D eigenvalue weighted by molar-refractivity contribution is 5.90. The van der Waals surface area contributed by atoms with Crippen LogP contribution in [0.15, 0.2) is 42.6 Å². The fourth-order valence-corrected chi connectivity index (χ4v) is 2.20. The molecule has 2 N–H and O–H groups in total. The average molecular weight is 285 g/mol. The van der Waals surface area contributed by atoms with Crippen molar-refractivity contribution < 1.29 is 4.79 Å². The molecule has 2 rings (SSSR count). The molecule has 0 saturated heterocycles. The zero-order valence-electron chi connectivity index (χ0n) is 12.9. The summed E-state index contributed by atoms with van der Waals surface area (Å²) in [6.07, 6.45) is 3.19. The number of hydrogen-bond donors (Lipinski definition) is 1. The molecule has 112 valence electrons. The van der Waals surface area contributed by atoms with Crippen LogP contribution < -0.4 is 5.73 Å². The number of Topliss-reactive ketones (excluding diaryl/α,β-unsaturated/α-hetero) is 1. The minimum atomic E-state index is -0.985. The maximum Gasteiger partial charge on any atom is 0.162 e. The van der Waals surface area contributed by atoms with Crippen LogP contribution in [0.2, 0.25) is 0 Å². The first-order valence-corrected chi connectivity index (χ1v) is 7.37. The maximum absolute atomic E-state index is 12.5. The first kappa shape index (κ1) is 15.4. The smallest absolute Gasteiger partial charge is 0.162 e. The van der Waals surface area contributed by atoms with Crippen LogP contribution in [0, 0.1) is 0 Å². The third-order valence-corrected chi connectivity index (χ3v) is 4.00. The molecule has 1 aromatic carbocycles. The molecule has 0 saturated carbocycles. The van der Waals surface area contributed by atoms with E-state index in [9.17, 15) is 4.79 Å². The van der Waals surface area contributed by atoms with E-state index in [1.807, 2.05) is 47.3 Å². The van der Waals surface area contributed by atoms with Crippen molar-refractivity contribution in [2.75, 3.05) is 0 Å². The Morgan fingerprint density at radius 3 is 2.62 bits per heavy atom. The Labute approximate surface area is 126 Å². The van der Waals surface area contributed by atoms with Crippen LogP contribution >= 0.6 is 0 Å². The first-order valence-electron chi connectivity index (χ1n) is 7.37. The predicted octanol–water partition coefficient (Wildman–Crippen LogP) is 2.84. The average Bonchev–Trinajstić information content (AvgIpc) is 2.95. The molecule has 4 heteroatoms. The van der Waals surface area contributed by atoms with Crippen LogP contribution in [0.4, 0.5) is 0 Å². The van der Waals surface area contributed by atoms with E-state index >= 15 is 0 Å². The van der Waals surface area contributed by atoms with Gasteiger partial charge in [-0.3, -0.25) is 9.48 Å². The molecule has 21 heavy (non-hydrogen) atoms. The van der Waals surface area contributed by atoms with Crippen molar-refractivity contribution >= 4 is 5.78 Å². The molecular weight excluding hydrogens is 262 g/mol. The molecule has 0 bridgehead atoms. The largest absolute Gasteiger partial charge is 0.315 e. The molecule has 1 heterocycles. The number of carbonyl (C=O) groups excluding carboxylic acids is 1. The van der Waals surface area contributed by atoms with Gasteiger partial charge in [0, 0.05) is 12.2 Å². The monoisotopic (exact) mass is 285 g/mol. The molecule has 2 aromatic rings. The van der Waals surface area contributed by atoms with E-state index in [1.165, 1.54) is 0 Å². The molecule has 0 aliphatic carbocycles. The molecule has 2 unspecified atom stereocenters. The molecule has 0 aliphatic rings. The first-order chi connectivity index (χ1) is 9.95. The fourth-order valence-electron chi connectivity index (χ4n) is 2.20. The SMILES string of the molecule is CCC(C)n1ccc(CC(=O)C(C)(N)c2ccccc2)n1. The summed E-state index contributed by atoms with van der Waals surface area (Å²) in [4.78, 5) is 12.5. The molecule has 0 fully saturated rings. The number of ketones is 1. The van der Waals surface area contributed by atoms with E-state index in [2.05, 4.69) is 18.9 Å². The third kappa shape index (κ3) is 3.39. The Balaban J connectivity index is 2.12. The Morgan fingerprint density at radius 1 is 1.33 bits per heavy atom. The quantitative estimate of drug-likeness (QED) is 0.887. The van der Waals surface area contributed by atoms with Crippen molar-refractivity contribution in [1.82, 2.24) is 9.78 Å². The summed E-state index contributed by atoms with van der Waals surface area (Å²) in [7, 11) is 0. The number of carbonyl (C=O) groups is 1. The van der Waals surface area contributed by atoms with Gasteiger partial charge in [0.25, 0.3) is 0 Å². The van der Waals surface area contributed by atoms with Crippen molar-refractivity contribution in [1.29, 1.82) is 0 Å². The van der Waals surface area contributed by atoms with Crippen LogP contribution in [0.3, 0.4) is 0 Å². The lowest BCUT2D eigenvalue weighted by Crippen LogP contribution is -2.42. The number of nitrogens with zero attached hydrogens (tertiary/aromatic N) is 2. The van der Waals surface area contributed by atoms with E-state index < -0.39 is 5.54 Å². The summed E-state index contributed by atoms with van der Waals surface area (Å²) in [5, 5.41) is 4.47. The number of hydrogen-bond acceptors (Lipinski definition) is 3. The summed E-state index contributed by atoms with van der Waals surface area (Å²) in [5.41, 5.74) is 6.85. The van der Waals surface area contributed by atoms with Gasteiger partial charge in [-0.05, 0) is 31.9 Å². The topological polar surface area (TPSA) is 60.9 Å². The summed E-state index contributed by atoms with van der Waals surface area (Å²) in [6.45, 7) is 5.98. The van der Waals surface area contributed by atoms with Gasteiger partial charge < -0.3 is 5.73 Å². The van der Waals surface area contributed by atoms with Crippen LogP contribution in [-0.2, 0) is 16.8 Å². The lowest BCUT2D eigenvalue weighted by Gasteiger charge is -2.23. The molecule has 0 aliphatic heterocycles. The predicted molar refractivity (Wildman–Crippen MR) is 83.9 cm³/mol. The molecule has 0 radical (unpaired) electrons. The Hall–Kier alpha value is -1.94. The highest BCUT2D eigenvalue weighted by atomic mass is 16.1. The zero-order valence-corrected chi connectivity index (χ0v) is 12.9. The van der Waals surface area contributed by atoms with Gasteiger partial charge in [0.1, 0.15) is 0 Å².